The molecule has 0 N–H and O–H groups in total. The predicted octanol–water partition coefficient (Wildman–Crippen LogP) is 2.55. The summed E-state index contributed by atoms with van der Waals surface area (Å²) >= 11 is 0. The lowest BCUT2D eigenvalue weighted by atomic mass is 10.0. The number of nitrogens with zero attached hydrogens (tertiary/aromatic N) is 7. The monoisotopic (exact) mass is 447 g/mol. The molecule has 9 heteroatoms. The lowest BCUT2D eigenvalue weighted by molar-refractivity contribution is -0.133. The van der Waals surface area contributed by atoms with Crippen LogP contribution in [0.3, 0.4) is 0 Å². The molecule has 5 rings (SSSR count). The third-order valence-electron chi connectivity index (χ3n) is 6.88. The number of fused-ring (bicyclic) bond motifs is 2. The van der Waals surface area contributed by atoms with Gasteiger partial charge < -0.3 is 9.80 Å². The van der Waals surface area contributed by atoms with Crippen molar-refractivity contribution in [2.24, 2.45) is 5.41 Å². The van der Waals surface area contributed by atoms with Gasteiger partial charge in [0, 0.05) is 42.4 Å². The number of carbonyl (C=O) groups is 2. The fourth-order valence-corrected chi connectivity index (χ4v) is 5.21. The molecular formula is C24H29N7O2. The first-order chi connectivity index (χ1) is 15.7. The number of Topliss-reactive ketones (excluding diaryl/α,β-unsaturated/α-hetero) is 1. The Labute approximate surface area is 192 Å². The van der Waals surface area contributed by atoms with E-state index in [1.165, 1.54) is 6.92 Å². The quantitative estimate of drug-likeness (QED) is 0.536. The van der Waals surface area contributed by atoms with Crippen molar-refractivity contribution in [3.8, 4) is 11.3 Å². The molecule has 4 heterocycles. The number of hydrogen-bond acceptors (Lipinski definition) is 7. The van der Waals surface area contributed by atoms with Gasteiger partial charge in [-0.15, -0.1) is 0 Å². The molecule has 2 aliphatic rings. The zero-order valence-electron chi connectivity index (χ0n) is 19.7. The number of pyridine rings is 1. The summed E-state index contributed by atoms with van der Waals surface area (Å²) in [5, 5.41) is 5.19. The molecule has 33 heavy (non-hydrogen) atoms. The number of likely N-dealkylation sites (tertiary alicyclic amines) is 1. The van der Waals surface area contributed by atoms with Crippen LogP contribution in [0.15, 0.2) is 24.7 Å². The predicted molar refractivity (Wildman–Crippen MR) is 123 cm³/mol. The van der Waals surface area contributed by atoms with Gasteiger partial charge in [0.25, 0.3) is 0 Å². The van der Waals surface area contributed by atoms with Gasteiger partial charge in [0.2, 0.25) is 5.91 Å². The summed E-state index contributed by atoms with van der Waals surface area (Å²) in [6, 6.07) is 2.39. The number of rotatable bonds is 6. The Bertz CT molecular complexity index is 1250. The minimum Gasteiger partial charge on any atom is -0.335 e. The normalized spacial score (nSPS) is 23.9. The Kier molecular flexibility index (Phi) is 5.04. The highest BCUT2D eigenvalue weighted by atomic mass is 16.2. The van der Waals surface area contributed by atoms with Crippen molar-refractivity contribution < 1.29 is 9.59 Å². The van der Waals surface area contributed by atoms with Crippen LogP contribution in [0.25, 0.3) is 22.2 Å². The van der Waals surface area contributed by atoms with E-state index < -0.39 is 0 Å². The molecule has 1 amide bonds. The second kappa shape index (κ2) is 7.69. The van der Waals surface area contributed by atoms with E-state index in [1.807, 2.05) is 30.0 Å². The van der Waals surface area contributed by atoms with Crippen LogP contribution in [-0.2, 0) is 17.9 Å². The lowest BCUT2D eigenvalue weighted by Gasteiger charge is -2.24. The van der Waals surface area contributed by atoms with Gasteiger partial charge in [0.15, 0.2) is 5.78 Å². The first-order valence-corrected chi connectivity index (χ1v) is 11.3. The largest absolute Gasteiger partial charge is 0.335 e. The summed E-state index contributed by atoms with van der Waals surface area (Å²) in [4.78, 5) is 42.9. The maximum Gasteiger partial charge on any atom is 0.244 e. The number of ketones is 1. The molecule has 0 spiro atoms. The highest BCUT2D eigenvalue weighted by molar-refractivity contribution is 6.05. The van der Waals surface area contributed by atoms with Crippen LogP contribution in [0.2, 0.25) is 0 Å². The summed E-state index contributed by atoms with van der Waals surface area (Å²) in [5.41, 5.74) is 2.71. The number of hydrogen-bond donors (Lipinski definition) is 0. The molecule has 0 aromatic carbocycles. The Morgan fingerprint density at radius 3 is 2.48 bits per heavy atom. The van der Waals surface area contributed by atoms with Gasteiger partial charge in [0.1, 0.15) is 18.1 Å². The molecule has 2 fully saturated rings. The molecule has 1 aliphatic heterocycles. The van der Waals surface area contributed by atoms with E-state index in [4.69, 9.17) is 0 Å². The van der Waals surface area contributed by atoms with Crippen LogP contribution in [0.4, 0.5) is 0 Å². The smallest absolute Gasteiger partial charge is 0.244 e. The van der Waals surface area contributed by atoms with Gasteiger partial charge in [-0.05, 0) is 45.3 Å². The average molecular weight is 448 g/mol. The Hall–Kier alpha value is -3.20. The van der Waals surface area contributed by atoms with E-state index >= 15 is 0 Å². The number of aromatic nitrogens is 5. The highest BCUT2D eigenvalue weighted by Crippen LogP contribution is 2.59. The Balaban J connectivity index is 1.45. The second-order valence-corrected chi connectivity index (χ2v) is 10.0. The topological polar surface area (TPSA) is 97.1 Å². The minimum absolute atomic E-state index is 0.0437. The maximum absolute atomic E-state index is 13.2. The van der Waals surface area contributed by atoms with Crippen LogP contribution in [0.1, 0.15) is 49.9 Å². The molecule has 0 radical (unpaired) electrons. The number of amides is 1. The standard InChI is InChI=1S/C24H29N7O2/c1-14-7-24(3)8-20(24)31(14)22(33)13-30-19-11-25-18(6-17(19)23(28-30)15(2)32)16-9-26-21(27-10-16)12-29(4)5/h6,9-11,14,20H,7-8,12-13H2,1-5H3/t14-,20?,24+/m1/s1. The van der Waals surface area contributed by atoms with Crippen molar-refractivity contribution in [3.05, 3.63) is 36.2 Å². The molecule has 3 aromatic rings. The van der Waals surface area contributed by atoms with E-state index in [0.29, 0.717) is 34.9 Å². The number of carbonyl (C=O) groups excluding carboxylic acids is 2. The van der Waals surface area contributed by atoms with Gasteiger partial charge >= 0.3 is 0 Å². The SMILES string of the molecule is CC(=O)c1nn(CC(=O)N2C3C[C@]3(C)C[C@H]2C)c2cnc(-c3cnc(CN(C)C)nc3)cc12. The van der Waals surface area contributed by atoms with Crippen LogP contribution in [0.5, 0.6) is 0 Å². The Morgan fingerprint density at radius 1 is 1.15 bits per heavy atom. The van der Waals surface area contributed by atoms with Crippen molar-refractivity contribution in [3.63, 3.8) is 0 Å². The molecule has 3 atom stereocenters. The van der Waals surface area contributed by atoms with Crippen molar-refractivity contribution in [2.75, 3.05) is 14.1 Å². The van der Waals surface area contributed by atoms with Gasteiger partial charge in [-0.3, -0.25) is 19.3 Å². The summed E-state index contributed by atoms with van der Waals surface area (Å²) in [6.07, 6.45) is 7.27. The van der Waals surface area contributed by atoms with E-state index in [0.717, 1.165) is 24.2 Å². The molecule has 172 valence electrons. The molecular weight excluding hydrogens is 418 g/mol. The van der Waals surface area contributed by atoms with E-state index in [2.05, 4.69) is 33.9 Å². The summed E-state index contributed by atoms with van der Waals surface area (Å²) in [7, 11) is 3.93. The van der Waals surface area contributed by atoms with Crippen molar-refractivity contribution in [1.82, 2.24) is 34.5 Å². The highest BCUT2D eigenvalue weighted by Gasteiger charge is 2.61. The van der Waals surface area contributed by atoms with Crippen molar-refractivity contribution >= 4 is 22.6 Å². The molecule has 1 unspecified atom stereocenters. The second-order valence-electron chi connectivity index (χ2n) is 10.0. The maximum atomic E-state index is 13.2. The van der Waals surface area contributed by atoms with Gasteiger partial charge in [-0.25, -0.2) is 9.97 Å². The zero-order chi connectivity index (χ0) is 23.5. The van der Waals surface area contributed by atoms with Crippen LogP contribution in [-0.4, -0.2) is 72.4 Å². The van der Waals surface area contributed by atoms with E-state index in [9.17, 15) is 9.59 Å². The first kappa shape index (κ1) is 21.6. The zero-order valence-corrected chi connectivity index (χ0v) is 19.7. The Morgan fingerprint density at radius 2 is 1.88 bits per heavy atom. The molecule has 1 aliphatic carbocycles. The lowest BCUT2D eigenvalue weighted by Crippen LogP contribution is -2.39. The van der Waals surface area contributed by atoms with Crippen LogP contribution >= 0.6 is 0 Å². The van der Waals surface area contributed by atoms with Crippen LogP contribution < -0.4 is 0 Å². The third kappa shape index (κ3) is 3.80. The molecule has 3 aromatic heterocycles. The van der Waals surface area contributed by atoms with E-state index in [1.54, 1.807) is 23.3 Å². The van der Waals surface area contributed by atoms with E-state index in [-0.39, 0.29) is 29.7 Å². The fourth-order valence-electron chi connectivity index (χ4n) is 5.21. The van der Waals surface area contributed by atoms with Gasteiger partial charge in [-0.2, -0.15) is 5.10 Å². The minimum atomic E-state index is -0.148. The van der Waals surface area contributed by atoms with Gasteiger partial charge in [0.05, 0.1) is 24.0 Å². The summed E-state index contributed by atoms with van der Waals surface area (Å²) < 4.78 is 1.62. The molecule has 0 bridgehead atoms. The summed E-state index contributed by atoms with van der Waals surface area (Å²) in [5.74, 6) is 0.621. The van der Waals surface area contributed by atoms with Crippen LogP contribution in [0, 0.1) is 5.41 Å². The van der Waals surface area contributed by atoms with Crippen molar-refractivity contribution in [2.45, 2.75) is 58.8 Å². The number of piperidine rings is 1. The third-order valence-corrected chi connectivity index (χ3v) is 6.88. The molecule has 1 saturated heterocycles. The van der Waals surface area contributed by atoms with Crippen molar-refractivity contribution in [1.29, 1.82) is 0 Å². The fraction of sp³-hybridized carbons (Fsp3) is 0.500. The molecule has 1 saturated carbocycles. The molecule has 9 nitrogen and oxygen atoms in total. The van der Waals surface area contributed by atoms with Gasteiger partial charge in [-0.1, -0.05) is 6.92 Å². The summed E-state index contributed by atoms with van der Waals surface area (Å²) in [6.45, 7) is 6.60. The first-order valence-electron chi connectivity index (χ1n) is 11.3. The average Bonchev–Trinajstić information content (AvgIpc) is 3.13.